The molecule has 0 heterocycles. The lowest BCUT2D eigenvalue weighted by Gasteiger charge is -2.13. The molecule has 0 radical (unpaired) electrons. The summed E-state index contributed by atoms with van der Waals surface area (Å²) >= 11 is 3.26. The Balaban J connectivity index is 1.82. The van der Waals surface area contributed by atoms with Crippen molar-refractivity contribution in [1.29, 1.82) is 0 Å². The number of hydrogen-bond donors (Lipinski definition) is 1. The molecule has 0 aliphatic heterocycles. The van der Waals surface area contributed by atoms with Crippen LogP contribution >= 0.6 is 15.9 Å². The van der Waals surface area contributed by atoms with Gasteiger partial charge in [0.05, 0.1) is 14.2 Å². The summed E-state index contributed by atoms with van der Waals surface area (Å²) in [7, 11) is -0.845. The van der Waals surface area contributed by atoms with Gasteiger partial charge >= 0.3 is 0 Å². The average molecular weight is 430 g/mol. The second-order valence-corrected chi connectivity index (χ2v) is 8.30. The maximum Gasteiger partial charge on any atom is 0.242 e. The van der Waals surface area contributed by atoms with E-state index in [-0.39, 0.29) is 22.7 Å². The van der Waals surface area contributed by atoms with E-state index in [1.807, 2.05) is 0 Å². The highest BCUT2D eigenvalue weighted by Gasteiger charge is 2.42. The van der Waals surface area contributed by atoms with Crippen molar-refractivity contribution in [2.75, 3.05) is 14.2 Å². The van der Waals surface area contributed by atoms with Crippen LogP contribution in [0.5, 0.6) is 11.5 Å². The maximum atomic E-state index is 13.3. The summed E-state index contributed by atoms with van der Waals surface area (Å²) in [5, 5.41) is 0. The molecule has 1 aliphatic carbocycles. The first kappa shape index (κ1) is 18.2. The van der Waals surface area contributed by atoms with E-state index < -0.39 is 10.0 Å². The molecular formula is C17H17BrFNO4S. The minimum Gasteiger partial charge on any atom is -0.493 e. The molecule has 5 nitrogen and oxygen atoms in total. The van der Waals surface area contributed by atoms with Crippen molar-refractivity contribution in [3.63, 3.8) is 0 Å². The van der Waals surface area contributed by atoms with Crippen molar-refractivity contribution >= 4 is 26.0 Å². The van der Waals surface area contributed by atoms with E-state index in [0.29, 0.717) is 22.4 Å². The number of hydrogen-bond acceptors (Lipinski definition) is 4. The molecule has 25 heavy (non-hydrogen) atoms. The third kappa shape index (κ3) is 3.80. The van der Waals surface area contributed by atoms with Gasteiger partial charge in [0.15, 0.2) is 11.5 Å². The monoisotopic (exact) mass is 429 g/mol. The number of nitrogens with one attached hydrogen (secondary N) is 1. The zero-order chi connectivity index (χ0) is 18.2. The zero-order valence-electron chi connectivity index (χ0n) is 13.6. The van der Waals surface area contributed by atoms with Gasteiger partial charge in [-0.15, -0.1) is 0 Å². The van der Waals surface area contributed by atoms with Gasteiger partial charge in [0, 0.05) is 22.5 Å². The lowest BCUT2D eigenvalue weighted by atomic mass is 10.1. The lowest BCUT2D eigenvalue weighted by Crippen LogP contribution is -2.27. The van der Waals surface area contributed by atoms with Crippen LogP contribution < -0.4 is 14.2 Å². The molecule has 8 heteroatoms. The van der Waals surface area contributed by atoms with E-state index in [1.165, 1.54) is 32.4 Å². The maximum absolute atomic E-state index is 13.3. The van der Waals surface area contributed by atoms with Gasteiger partial charge in [0.25, 0.3) is 0 Å². The van der Waals surface area contributed by atoms with Crippen LogP contribution in [0.1, 0.15) is 17.9 Å². The van der Waals surface area contributed by atoms with E-state index in [4.69, 9.17) is 9.47 Å². The molecule has 1 N–H and O–H groups in total. The molecule has 0 saturated heterocycles. The van der Waals surface area contributed by atoms with Gasteiger partial charge < -0.3 is 9.47 Å². The molecule has 0 bridgehead atoms. The highest BCUT2D eigenvalue weighted by molar-refractivity contribution is 9.10. The van der Waals surface area contributed by atoms with Crippen LogP contribution in [0.4, 0.5) is 4.39 Å². The van der Waals surface area contributed by atoms with Crippen LogP contribution in [-0.4, -0.2) is 28.7 Å². The predicted molar refractivity (Wildman–Crippen MR) is 95.1 cm³/mol. The normalized spacial score (nSPS) is 19.5. The summed E-state index contributed by atoms with van der Waals surface area (Å²) in [6.07, 6.45) is 0.633. The zero-order valence-corrected chi connectivity index (χ0v) is 16.0. The second kappa shape index (κ2) is 6.93. The topological polar surface area (TPSA) is 64.6 Å². The number of methoxy groups -OCH3 is 2. The summed E-state index contributed by atoms with van der Waals surface area (Å²) in [5.74, 6) is 0.402. The smallest absolute Gasteiger partial charge is 0.242 e. The molecular weight excluding hydrogens is 413 g/mol. The molecule has 1 fully saturated rings. The first-order valence-electron chi connectivity index (χ1n) is 7.55. The molecule has 0 aromatic heterocycles. The molecule has 134 valence electrons. The van der Waals surface area contributed by atoms with Gasteiger partial charge in [-0.1, -0.05) is 12.1 Å². The van der Waals surface area contributed by atoms with Crippen molar-refractivity contribution in [1.82, 2.24) is 4.72 Å². The molecule has 2 aromatic rings. The Labute approximate surface area is 154 Å². The van der Waals surface area contributed by atoms with Crippen LogP contribution in [0, 0.1) is 5.82 Å². The summed E-state index contributed by atoms with van der Waals surface area (Å²) in [6, 6.07) is 8.92. The van der Waals surface area contributed by atoms with E-state index >= 15 is 0 Å². The molecule has 3 rings (SSSR count). The lowest BCUT2D eigenvalue weighted by molar-refractivity contribution is 0.353. The van der Waals surface area contributed by atoms with Crippen LogP contribution in [0.2, 0.25) is 0 Å². The predicted octanol–water partition coefficient (Wildman–Crippen LogP) is 3.44. The minimum absolute atomic E-state index is 0.0237. The third-order valence-corrected chi connectivity index (χ3v) is 6.55. The Bertz CT molecular complexity index is 904. The van der Waals surface area contributed by atoms with E-state index in [1.54, 1.807) is 18.2 Å². The van der Waals surface area contributed by atoms with Gasteiger partial charge in [-0.05, 0) is 46.1 Å². The number of halogens is 2. The molecule has 2 aromatic carbocycles. The SMILES string of the molecule is COc1cc(Br)c(S(=O)(=O)N[C@H]2C[C@@H]2c2cccc(F)c2)cc1OC. The molecule has 0 unspecified atom stereocenters. The number of ether oxygens (including phenoxy) is 2. The Kier molecular flexibility index (Phi) is 5.04. The van der Waals surface area contributed by atoms with Crippen LogP contribution in [0.25, 0.3) is 0 Å². The molecule has 1 saturated carbocycles. The van der Waals surface area contributed by atoms with Crippen LogP contribution in [0.15, 0.2) is 45.8 Å². The van der Waals surface area contributed by atoms with Crippen molar-refractivity contribution in [2.45, 2.75) is 23.3 Å². The van der Waals surface area contributed by atoms with Gasteiger partial charge in [-0.3, -0.25) is 0 Å². The fourth-order valence-electron chi connectivity index (χ4n) is 2.74. The summed E-state index contributed by atoms with van der Waals surface area (Å²) in [6.45, 7) is 0. The largest absolute Gasteiger partial charge is 0.493 e. The van der Waals surface area contributed by atoms with Crippen LogP contribution in [0.3, 0.4) is 0 Å². The molecule has 0 amide bonds. The highest BCUT2D eigenvalue weighted by atomic mass is 79.9. The van der Waals surface area contributed by atoms with Gasteiger partial charge in [-0.2, -0.15) is 0 Å². The minimum atomic E-state index is -3.76. The van der Waals surface area contributed by atoms with E-state index in [0.717, 1.165) is 5.56 Å². The summed E-state index contributed by atoms with van der Waals surface area (Å²) in [5.41, 5.74) is 0.791. The number of rotatable bonds is 6. The molecule has 1 aliphatic rings. The quantitative estimate of drug-likeness (QED) is 0.763. The van der Waals surface area contributed by atoms with Crippen LogP contribution in [-0.2, 0) is 10.0 Å². The number of sulfonamides is 1. The number of benzene rings is 2. The Morgan fingerprint density at radius 3 is 2.48 bits per heavy atom. The van der Waals surface area contributed by atoms with E-state index in [2.05, 4.69) is 20.7 Å². The highest BCUT2D eigenvalue weighted by Crippen LogP contribution is 2.42. The fraction of sp³-hybridized carbons (Fsp3) is 0.294. The van der Waals surface area contributed by atoms with Crippen molar-refractivity contribution in [3.8, 4) is 11.5 Å². The van der Waals surface area contributed by atoms with Gasteiger partial charge in [-0.25, -0.2) is 17.5 Å². The first-order chi connectivity index (χ1) is 11.9. The second-order valence-electron chi connectivity index (χ2n) is 5.76. The van der Waals surface area contributed by atoms with Crippen molar-refractivity contribution in [3.05, 3.63) is 52.3 Å². The molecule has 2 atom stereocenters. The third-order valence-electron chi connectivity index (χ3n) is 4.10. The average Bonchev–Trinajstić information content (AvgIpc) is 3.32. The van der Waals surface area contributed by atoms with Crippen molar-refractivity contribution in [2.24, 2.45) is 0 Å². The first-order valence-corrected chi connectivity index (χ1v) is 9.82. The van der Waals surface area contributed by atoms with Gasteiger partial charge in [0.2, 0.25) is 10.0 Å². The Hall–Kier alpha value is -1.64. The van der Waals surface area contributed by atoms with Crippen molar-refractivity contribution < 1.29 is 22.3 Å². The summed E-state index contributed by atoms with van der Waals surface area (Å²) in [4.78, 5) is 0.0649. The van der Waals surface area contributed by atoms with Gasteiger partial charge in [0.1, 0.15) is 10.7 Å². The fourth-order valence-corrected chi connectivity index (χ4v) is 5.06. The molecule has 0 spiro atoms. The van der Waals surface area contributed by atoms with E-state index in [9.17, 15) is 12.8 Å². The summed E-state index contributed by atoms with van der Waals surface area (Å²) < 4.78 is 52.1. The Morgan fingerprint density at radius 2 is 1.84 bits per heavy atom. The Morgan fingerprint density at radius 1 is 1.16 bits per heavy atom. The standard InChI is InChI=1S/C17H17BrFNO4S/c1-23-15-8-13(18)17(9-16(15)24-2)25(21,22)20-14-7-12(14)10-4-3-5-11(19)6-10/h3-6,8-9,12,14,20H,7H2,1-2H3/t12-,14+/m1/s1.